The van der Waals surface area contributed by atoms with Gasteiger partial charge in [-0.15, -0.1) is 31.5 Å². The molecule has 0 atom stereocenters. The molecule has 10 heavy (non-hydrogen) atoms. The molecular weight excluding hydrogens is 257 g/mol. The Balaban J connectivity index is 3.81. The van der Waals surface area contributed by atoms with Gasteiger partial charge in [-0.25, -0.2) is 0 Å². The average molecular weight is 270 g/mol. The van der Waals surface area contributed by atoms with E-state index in [9.17, 15) is 0 Å². The summed E-state index contributed by atoms with van der Waals surface area (Å²) in [5, 5.41) is 0. The lowest BCUT2D eigenvalue weighted by atomic mass is 9.53. The Morgan fingerprint density at radius 2 is 1.00 bits per heavy atom. The molecule has 0 bridgehead atoms. The lowest BCUT2D eigenvalue weighted by molar-refractivity contribution is 0.642. The Bertz CT molecular complexity index is 89.3. The summed E-state index contributed by atoms with van der Waals surface area (Å²) >= 11 is 7.09. The van der Waals surface area contributed by atoms with E-state index in [1.165, 1.54) is 0 Å². The Kier molecular flexibility index (Phi) is 5.29. The largest absolute Gasteiger partial charge is 0.342 e. The van der Waals surface area contributed by atoms with Crippen LogP contribution in [0.1, 0.15) is 0 Å². The zero-order valence-electron chi connectivity index (χ0n) is 6.81. The second-order valence-electron chi connectivity index (χ2n) is 2.67. The molecule has 0 amide bonds. The molecule has 2 nitrogen and oxygen atoms in total. The van der Waals surface area contributed by atoms with Crippen molar-refractivity contribution in [1.82, 2.24) is 9.62 Å². The van der Waals surface area contributed by atoms with Crippen molar-refractivity contribution in [2.45, 2.75) is 0 Å². The van der Waals surface area contributed by atoms with Crippen LogP contribution in [0.3, 0.4) is 0 Å². The van der Waals surface area contributed by atoms with Gasteiger partial charge in [0.15, 0.2) is 0 Å². The molecule has 0 radical (unpaired) electrons. The smallest absolute Gasteiger partial charge is 0.301 e. The van der Waals surface area contributed by atoms with E-state index < -0.39 is 0 Å². The molecule has 0 saturated heterocycles. The maximum Gasteiger partial charge on any atom is 0.301 e. The molecule has 0 aromatic carbocycles. The third kappa shape index (κ3) is 3.42. The lowest BCUT2D eigenvalue weighted by Crippen LogP contribution is -2.47. The molecule has 0 spiro atoms. The van der Waals surface area contributed by atoms with Crippen LogP contribution in [0.4, 0.5) is 0 Å². The van der Waals surface area contributed by atoms with E-state index >= 15 is 0 Å². The van der Waals surface area contributed by atoms with Crippen molar-refractivity contribution in [2.75, 3.05) is 28.2 Å². The molecule has 0 fully saturated rings. The highest BCUT2D eigenvalue weighted by molar-refractivity contribution is 9.34. The molecule has 0 aromatic rings. The fourth-order valence-corrected chi connectivity index (χ4v) is 1.44. The number of hydrogen-bond donors (Lipinski definition) is 0. The fraction of sp³-hybridized carbons (Fsp3) is 1.00. The first kappa shape index (κ1) is 11.0. The van der Waals surface area contributed by atoms with E-state index in [0.29, 0.717) is 11.1 Å². The van der Waals surface area contributed by atoms with Gasteiger partial charge in [-0.3, -0.25) is 0 Å². The van der Waals surface area contributed by atoms with Crippen LogP contribution in [0.2, 0.25) is 0 Å². The maximum absolute atomic E-state index is 3.55. The monoisotopic (exact) mass is 268 g/mol. The lowest BCUT2D eigenvalue weighted by Gasteiger charge is -2.22. The molecule has 0 aliphatic carbocycles. The van der Waals surface area contributed by atoms with E-state index in [-0.39, 0.29) is 0 Å². The van der Waals surface area contributed by atoms with E-state index in [1.807, 2.05) is 28.2 Å². The third-order valence-corrected chi connectivity index (χ3v) is 4.56. The predicted octanol–water partition coefficient (Wildman–Crippen LogP) is 0.954. The molecule has 0 unspecified atom stereocenters. The van der Waals surface area contributed by atoms with Crippen LogP contribution in [0, 0.1) is 0 Å². The van der Waals surface area contributed by atoms with Crippen molar-refractivity contribution in [3.8, 4) is 0 Å². The molecule has 0 N–H and O–H groups in total. The molecule has 0 aliphatic rings. The number of halogens is 2. The topological polar surface area (TPSA) is 6.48 Å². The quantitative estimate of drug-likeness (QED) is 0.704. The first-order chi connectivity index (χ1) is 4.46. The van der Waals surface area contributed by atoms with Crippen molar-refractivity contribution in [3.05, 3.63) is 0 Å². The van der Waals surface area contributed by atoms with Gasteiger partial charge >= 0.3 is 11.1 Å². The van der Waals surface area contributed by atoms with Gasteiger partial charge in [0.25, 0.3) is 0 Å². The molecule has 0 saturated carbocycles. The third-order valence-electron chi connectivity index (χ3n) is 1.21. The van der Waals surface area contributed by atoms with Crippen LogP contribution in [-0.2, 0) is 0 Å². The Morgan fingerprint density at radius 1 is 0.800 bits per heavy atom. The van der Waals surface area contributed by atoms with Gasteiger partial charge in [0.2, 0.25) is 0 Å². The second kappa shape index (κ2) is 4.80. The predicted molar refractivity (Wildman–Crippen MR) is 56.7 cm³/mol. The van der Waals surface area contributed by atoms with Gasteiger partial charge in [-0.2, -0.15) is 0 Å². The van der Waals surface area contributed by atoms with Crippen LogP contribution in [0.15, 0.2) is 0 Å². The number of nitrogens with zero attached hydrogens (tertiary/aromatic N) is 2. The highest BCUT2D eigenvalue weighted by Crippen LogP contribution is 2.09. The zero-order valence-corrected chi connectivity index (χ0v) is 9.98. The summed E-state index contributed by atoms with van der Waals surface area (Å²) in [6, 6.07) is 0. The Morgan fingerprint density at radius 3 is 1.10 bits per heavy atom. The minimum absolute atomic E-state index is 0.350. The first-order valence-electron chi connectivity index (χ1n) is 3.08. The molecule has 0 aromatic heterocycles. The van der Waals surface area contributed by atoms with Gasteiger partial charge in [-0.1, -0.05) is 0 Å². The maximum atomic E-state index is 3.55. The minimum atomic E-state index is 0.350. The zero-order chi connectivity index (χ0) is 8.31. The van der Waals surface area contributed by atoms with Crippen molar-refractivity contribution < 1.29 is 0 Å². The second-order valence-corrected chi connectivity index (χ2v) is 4.55. The highest BCUT2D eigenvalue weighted by Gasteiger charge is 2.29. The van der Waals surface area contributed by atoms with E-state index in [2.05, 4.69) is 41.1 Å². The summed E-state index contributed by atoms with van der Waals surface area (Å²) in [6.45, 7) is 0. The molecule has 58 valence electrons. The van der Waals surface area contributed by atoms with Crippen LogP contribution in [0.5, 0.6) is 0 Å². The minimum Gasteiger partial charge on any atom is -0.342 e. The highest BCUT2D eigenvalue weighted by atomic mass is 79.9. The Hall–Kier alpha value is 1.01. The summed E-state index contributed by atoms with van der Waals surface area (Å²) in [7, 11) is 8.16. The van der Waals surface area contributed by atoms with Crippen LogP contribution in [-0.4, -0.2) is 48.9 Å². The van der Waals surface area contributed by atoms with Gasteiger partial charge in [0, 0.05) is 0 Å². The number of hydrogen-bond acceptors (Lipinski definition) is 2. The average Bonchev–Trinajstić information content (AvgIpc) is 1.84. The van der Waals surface area contributed by atoms with Crippen molar-refractivity contribution in [1.29, 1.82) is 0 Å². The fourth-order valence-electron chi connectivity index (χ4n) is 0.492. The normalized spacial score (nSPS) is 10.8. The molecule has 0 aliphatic heterocycles. The summed E-state index contributed by atoms with van der Waals surface area (Å²) in [4.78, 5) is 4.22. The summed E-state index contributed by atoms with van der Waals surface area (Å²) < 4.78 is 0. The van der Waals surface area contributed by atoms with Crippen LogP contribution >= 0.6 is 31.5 Å². The summed E-state index contributed by atoms with van der Waals surface area (Å²) in [6.07, 6.45) is 0. The SMILES string of the molecule is CN(C)B(Br)B(Br)N(C)C. The van der Waals surface area contributed by atoms with Gasteiger partial charge in [0.1, 0.15) is 0 Å². The van der Waals surface area contributed by atoms with Crippen molar-refractivity contribution >= 4 is 42.6 Å². The first-order valence-corrected chi connectivity index (χ1v) is 4.91. The van der Waals surface area contributed by atoms with Gasteiger partial charge < -0.3 is 9.62 Å². The van der Waals surface area contributed by atoms with Crippen LogP contribution < -0.4 is 0 Å². The molecule has 0 heterocycles. The summed E-state index contributed by atoms with van der Waals surface area (Å²) in [5.74, 6) is 0. The molecule has 6 heteroatoms. The number of rotatable bonds is 3. The van der Waals surface area contributed by atoms with Crippen molar-refractivity contribution in [3.63, 3.8) is 0 Å². The van der Waals surface area contributed by atoms with Gasteiger partial charge in [-0.05, 0) is 28.2 Å². The molecule has 0 rings (SSSR count). The Labute approximate surface area is 80.4 Å². The molecular formula is C4H12B2Br2N2. The van der Waals surface area contributed by atoms with Crippen LogP contribution in [0.25, 0.3) is 0 Å². The van der Waals surface area contributed by atoms with E-state index in [1.54, 1.807) is 0 Å². The summed E-state index contributed by atoms with van der Waals surface area (Å²) in [5.41, 5.74) is 0.699. The van der Waals surface area contributed by atoms with Gasteiger partial charge in [0.05, 0.1) is 0 Å². The van der Waals surface area contributed by atoms with E-state index in [4.69, 9.17) is 0 Å². The van der Waals surface area contributed by atoms with E-state index in [0.717, 1.165) is 0 Å². The van der Waals surface area contributed by atoms with Crippen molar-refractivity contribution in [2.24, 2.45) is 0 Å². The standard InChI is InChI=1S/C4H12B2Br2N2/c1-9(2)5(7)6(8)10(3)4/h1-4H3.